The number of halogens is 1. The van der Waals surface area contributed by atoms with Crippen LogP contribution in [0.4, 0.5) is 10.2 Å². The SMILES string of the molecule is O=P(O)(O)CP(=O)(O)OC[C@H]1O[C@@H](n2cnc3c(NCc4ccccc4)nc(CCc4ccccc4)nc32)[C@@H](F)[C@@H]1O. The average Bonchev–Trinajstić information content (AvgIpc) is 3.49. The zero-order valence-electron chi connectivity index (χ0n) is 22.2. The molecule has 5 rings (SSSR count). The summed E-state index contributed by atoms with van der Waals surface area (Å²) < 4.78 is 50.2. The van der Waals surface area contributed by atoms with E-state index in [4.69, 9.17) is 19.0 Å². The molecule has 224 valence electrons. The molecule has 1 aliphatic heterocycles. The minimum atomic E-state index is -4.86. The molecule has 13 nitrogen and oxygen atoms in total. The molecule has 5 N–H and O–H groups in total. The minimum Gasteiger partial charge on any atom is -0.387 e. The lowest BCUT2D eigenvalue weighted by atomic mass is 10.1. The number of rotatable bonds is 12. The second-order valence-electron chi connectivity index (χ2n) is 9.88. The van der Waals surface area contributed by atoms with E-state index in [0.717, 1.165) is 11.1 Å². The van der Waals surface area contributed by atoms with Gasteiger partial charge in [0.25, 0.3) is 0 Å². The summed E-state index contributed by atoms with van der Waals surface area (Å²) in [6.07, 6.45) is -4.16. The smallest absolute Gasteiger partial charge is 0.340 e. The Hall–Kier alpha value is -3.06. The first-order valence-corrected chi connectivity index (χ1v) is 16.6. The predicted molar refractivity (Wildman–Crippen MR) is 150 cm³/mol. The second kappa shape index (κ2) is 12.7. The highest BCUT2D eigenvalue weighted by molar-refractivity contribution is 7.70. The van der Waals surface area contributed by atoms with E-state index < -0.39 is 52.3 Å². The topological polar surface area (TPSA) is 189 Å². The lowest BCUT2D eigenvalue weighted by Gasteiger charge is -2.18. The van der Waals surface area contributed by atoms with E-state index >= 15 is 4.39 Å². The second-order valence-corrected chi connectivity index (χ2v) is 13.9. The van der Waals surface area contributed by atoms with Gasteiger partial charge in [-0.05, 0) is 17.5 Å². The standard InChI is InChI=1S/C26H30FN5O8P2/c27-21-23(33)19(14-39-42(37,38)16-41(34,35)36)40-26(21)32-15-29-22-24(28-13-18-9-5-2-6-10-18)30-20(31-25(22)32)12-11-17-7-3-1-4-8-17/h1-10,15,19,21,23,26,33H,11-14,16H2,(H,37,38)(H,28,30,31)(H2,34,35,36)/t19-,21+,23-,26-/m1/s1. The van der Waals surface area contributed by atoms with Crippen molar-refractivity contribution in [2.75, 3.05) is 17.8 Å². The fraction of sp³-hybridized carbons (Fsp3) is 0.346. The van der Waals surface area contributed by atoms with Crippen LogP contribution in [0.15, 0.2) is 67.0 Å². The molecule has 0 spiro atoms. The zero-order valence-corrected chi connectivity index (χ0v) is 24.0. The third-order valence-corrected chi connectivity index (χ3v) is 10.1. The molecule has 1 fully saturated rings. The third kappa shape index (κ3) is 7.47. The Morgan fingerprint density at radius 3 is 2.31 bits per heavy atom. The summed E-state index contributed by atoms with van der Waals surface area (Å²) in [5.41, 5.74) is 2.69. The van der Waals surface area contributed by atoms with Crippen LogP contribution in [0, 0.1) is 0 Å². The number of aliphatic hydroxyl groups excluding tert-OH is 1. The maximum Gasteiger partial charge on any atom is 0.340 e. The van der Waals surface area contributed by atoms with Gasteiger partial charge in [-0.15, -0.1) is 0 Å². The summed E-state index contributed by atoms with van der Waals surface area (Å²) in [5.74, 6) is -0.520. The van der Waals surface area contributed by atoms with Crippen LogP contribution in [0.5, 0.6) is 0 Å². The van der Waals surface area contributed by atoms with E-state index in [1.54, 1.807) is 0 Å². The number of aromatic nitrogens is 4. The number of nitrogens with one attached hydrogen (secondary N) is 1. The Bertz CT molecular complexity index is 1610. The van der Waals surface area contributed by atoms with Gasteiger partial charge in [0.1, 0.15) is 18.0 Å². The molecule has 2 aromatic heterocycles. The van der Waals surface area contributed by atoms with Gasteiger partial charge in [-0.2, -0.15) is 0 Å². The van der Waals surface area contributed by atoms with Crippen LogP contribution in [-0.4, -0.2) is 70.2 Å². The van der Waals surface area contributed by atoms with Crippen LogP contribution in [0.1, 0.15) is 23.2 Å². The van der Waals surface area contributed by atoms with E-state index in [2.05, 4.69) is 20.3 Å². The van der Waals surface area contributed by atoms with E-state index in [9.17, 15) is 19.1 Å². The van der Waals surface area contributed by atoms with Crippen LogP contribution in [0.2, 0.25) is 0 Å². The monoisotopic (exact) mass is 621 g/mol. The lowest BCUT2D eigenvalue weighted by molar-refractivity contribution is -0.0425. The molecule has 2 aromatic carbocycles. The summed E-state index contributed by atoms with van der Waals surface area (Å²) in [7, 11) is -9.60. The van der Waals surface area contributed by atoms with Crippen LogP contribution < -0.4 is 5.32 Å². The highest BCUT2D eigenvalue weighted by Crippen LogP contribution is 2.55. The zero-order chi connectivity index (χ0) is 29.9. The van der Waals surface area contributed by atoms with Crippen molar-refractivity contribution < 1.29 is 42.6 Å². The minimum absolute atomic E-state index is 0.249. The number of hydrogen-bond donors (Lipinski definition) is 5. The van der Waals surface area contributed by atoms with Crippen LogP contribution in [0.25, 0.3) is 11.2 Å². The number of aliphatic hydroxyl groups is 1. The number of imidazole rings is 1. The molecule has 0 aliphatic carbocycles. The van der Waals surface area contributed by atoms with Crippen molar-refractivity contribution in [3.63, 3.8) is 0 Å². The van der Waals surface area contributed by atoms with Crippen molar-refractivity contribution in [2.24, 2.45) is 0 Å². The summed E-state index contributed by atoms with van der Waals surface area (Å²) in [6.45, 7) is -0.336. The Morgan fingerprint density at radius 2 is 1.64 bits per heavy atom. The largest absolute Gasteiger partial charge is 0.387 e. The highest BCUT2D eigenvalue weighted by Gasteiger charge is 2.47. The molecule has 16 heteroatoms. The Morgan fingerprint density at radius 1 is 0.976 bits per heavy atom. The summed E-state index contributed by atoms with van der Waals surface area (Å²) in [5, 5.41) is 13.8. The Balaban J connectivity index is 1.40. The fourth-order valence-electron chi connectivity index (χ4n) is 4.59. The van der Waals surface area contributed by atoms with Gasteiger partial charge in [0, 0.05) is 13.0 Å². The molecule has 5 atom stereocenters. The molecule has 1 unspecified atom stereocenters. The number of ether oxygens (including phenoxy) is 1. The van der Waals surface area contributed by atoms with Gasteiger partial charge in [0.05, 0.1) is 12.9 Å². The molecule has 42 heavy (non-hydrogen) atoms. The predicted octanol–water partition coefficient (Wildman–Crippen LogP) is 3.16. The molecule has 3 heterocycles. The molecule has 1 saturated heterocycles. The molecule has 0 saturated carbocycles. The Kier molecular flexibility index (Phi) is 9.17. The molecule has 0 amide bonds. The number of benzene rings is 2. The van der Waals surface area contributed by atoms with Crippen molar-refractivity contribution >= 4 is 32.2 Å². The van der Waals surface area contributed by atoms with Crippen LogP contribution in [0.3, 0.4) is 0 Å². The van der Waals surface area contributed by atoms with Gasteiger partial charge in [-0.1, -0.05) is 60.7 Å². The lowest BCUT2D eigenvalue weighted by Crippen LogP contribution is -2.31. The van der Waals surface area contributed by atoms with Crippen molar-refractivity contribution in [3.8, 4) is 0 Å². The molecule has 0 radical (unpaired) electrons. The van der Waals surface area contributed by atoms with Crippen LogP contribution >= 0.6 is 15.2 Å². The van der Waals surface area contributed by atoms with E-state index in [1.165, 1.54) is 10.9 Å². The van der Waals surface area contributed by atoms with Gasteiger partial charge in [0.15, 0.2) is 35.3 Å². The van der Waals surface area contributed by atoms with Gasteiger partial charge >= 0.3 is 15.2 Å². The first-order chi connectivity index (χ1) is 20.0. The first-order valence-electron chi connectivity index (χ1n) is 13.0. The molecule has 0 bridgehead atoms. The van der Waals surface area contributed by atoms with Crippen molar-refractivity contribution in [2.45, 2.75) is 44.0 Å². The number of fused-ring (bicyclic) bond motifs is 1. The number of anilines is 1. The van der Waals surface area contributed by atoms with E-state index in [1.807, 2.05) is 60.7 Å². The molecule has 4 aromatic rings. The molecular weight excluding hydrogens is 591 g/mol. The summed E-state index contributed by atoms with van der Waals surface area (Å²) in [6, 6.07) is 19.4. The van der Waals surface area contributed by atoms with Crippen molar-refractivity contribution in [1.29, 1.82) is 0 Å². The maximum atomic E-state index is 15.4. The van der Waals surface area contributed by atoms with Gasteiger partial charge in [-0.25, -0.2) is 19.3 Å². The quantitative estimate of drug-likeness (QED) is 0.146. The maximum absolute atomic E-state index is 15.4. The number of aryl methyl sites for hydroxylation is 2. The number of hydrogen-bond acceptors (Lipinski definition) is 9. The summed E-state index contributed by atoms with van der Waals surface area (Å²) in [4.78, 5) is 41.4. The normalized spacial score (nSPS) is 22.3. The highest BCUT2D eigenvalue weighted by atomic mass is 31.2. The van der Waals surface area contributed by atoms with E-state index in [-0.39, 0.29) is 5.65 Å². The molecule has 1 aliphatic rings. The average molecular weight is 621 g/mol. The van der Waals surface area contributed by atoms with E-state index in [0.29, 0.717) is 36.5 Å². The van der Waals surface area contributed by atoms with Gasteiger partial charge in [-0.3, -0.25) is 13.7 Å². The van der Waals surface area contributed by atoms with Crippen molar-refractivity contribution in [1.82, 2.24) is 19.5 Å². The third-order valence-electron chi connectivity index (χ3n) is 6.62. The Labute approximate surface area is 240 Å². The fourth-order valence-corrected chi connectivity index (χ4v) is 7.16. The first kappa shape index (κ1) is 30.4. The number of nitrogens with zero attached hydrogens (tertiary/aromatic N) is 4. The molecular formula is C26H30FN5O8P2. The van der Waals surface area contributed by atoms with Gasteiger partial charge < -0.3 is 34.4 Å². The summed E-state index contributed by atoms with van der Waals surface area (Å²) >= 11 is 0. The van der Waals surface area contributed by atoms with Crippen LogP contribution in [-0.2, 0) is 37.8 Å². The van der Waals surface area contributed by atoms with Gasteiger partial charge in [0.2, 0.25) is 0 Å². The van der Waals surface area contributed by atoms with Crippen molar-refractivity contribution in [3.05, 3.63) is 83.9 Å². The number of alkyl halides is 1.